The van der Waals surface area contributed by atoms with Gasteiger partial charge in [-0.2, -0.15) is 0 Å². The van der Waals surface area contributed by atoms with Crippen LogP contribution in [0.25, 0.3) is 16.9 Å². The van der Waals surface area contributed by atoms with Crippen molar-refractivity contribution in [3.8, 4) is 11.3 Å². The topological polar surface area (TPSA) is 98.6 Å². The van der Waals surface area contributed by atoms with E-state index in [9.17, 15) is 4.79 Å². The number of amides is 1. The summed E-state index contributed by atoms with van der Waals surface area (Å²) in [4.78, 5) is 26.8. The number of hydrogen-bond acceptors (Lipinski definition) is 6. The summed E-state index contributed by atoms with van der Waals surface area (Å²) in [6.07, 6.45) is 4.90. The van der Waals surface area contributed by atoms with Gasteiger partial charge in [0.1, 0.15) is 16.5 Å². The van der Waals surface area contributed by atoms with E-state index in [1.54, 1.807) is 16.8 Å². The molecule has 1 aliphatic heterocycles. The lowest BCUT2D eigenvalue weighted by Gasteiger charge is -2.28. The molecule has 0 spiro atoms. The number of ether oxygens (including phenoxy) is 1. The third-order valence-electron chi connectivity index (χ3n) is 4.03. The molecule has 3 aromatic rings. The number of nitrogens with zero attached hydrogens (tertiary/aromatic N) is 5. The molecule has 1 amide bonds. The van der Waals surface area contributed by atoms with Gasteiger partial charge in [0.2, 0.25) is 0 Å². The predicted molar refractivity (Wildman–Crippen MR) is 92.8 cm³/mol. The Kier molecular flexibility index (Phi) is 3.98. The second-order valence-corrected chi connectivity index (χ2v) is 5.96. The third-order valence-corrected chi connectivity index (χ3v) is 4.39. The lowest BCUT2D eigenvalue weighted by atomic mass is 10.2. The number of morpholine rings is 1. The van der Waals surface area contributed by atoms with Gasteiger partial charge in [-0.1, -0.05) is 11.6 Å². The van der Waals surface area contributed by atoms with Crippen molar-refractivity contribution >= 4 is 29.0 Å². The number of imidazole rings is 1. The number of primary amides is 1. The zero-order chi connectivity index (χ0) is 17.4. The van der Waals surface area contributed by atoms with Crippen molar-refractivity contribution in [2.45, 2.75) is 0 Å². The van der Waals surface area contributed by atoms with Gasteiger partial charge < -0.3 is 15.4 Å². The van der Waals surface area contributed by atoms with Crippen molar-refractivity contribution in [1.29, 1.82) is 0 Å². The van der Waals surface area contributed by atoms with Gasteiger partial charge in [-0.15, -0.1) is 0 Å². The van der Waals surface area contributed by atoms with Crippen molar-refractivity contribution in [1.82, 2.24) is 19.4 Å². The van der Waals surface area contributed by atoms with Crippen molar-refractivity contribution in [2.24, 2.45) is 5.73 Å². The second-order valence-electron chi connectivity index (χ2n) is 5.60. The molecule has 0 aliphatic carbocycles. The molecule has 9 heteroatoms. The zero-order valence-electron chi connectivity index (χ0n) is 13.2. The number of pyridine rings is 1. The quantitative estimate of drug-likeness (QED) is 0.759. The minimum Gasteiger partial charge on any atom is -0.378 e. The van der Waals surface area contributed by atoms with Crippen LogP contribution in [0, 0.1) is 0 Å². The minimum absolute atomic E-state index is 0.140. The van der Waals surface area contributed by atoms with Crippen LogP contribution in [0.15, 0.2) is 30.7 Å². The number of halogens is 1. The number of carbonyl (C=O) groups is 1. The Bertz CT molecular complexity index is 937. The lowest BCUT2D eigenvalue weighted by Crippen LogP contribution is -2.37. The number of nitrogens with two attached hydrogens (primary N) is 1. The minimum atomic E-state index is -0.615. The van der Waals surface area contributed by atoms with E-state index >= 15 is 0 Å². The van der Waals surface area contributed by atoms with Crippen LogP contribution < -0.4 is 10.6 Å². The molecular formula is C16H15ClN6O2. The third kappa shape index (κ3) is 2.79. The summed E-state index contributed by atoms with van der Waals surface area (Å²) in [6, 6.07) is 3.69. The Morgan fingerprint density at radius 1 is 1.28 bits per heavy atom. The molecule has 0 unspecified atom stereocenters. The molecule has 2 N–H and O–H groups in total. The van der Waals surface area contributed by atoms with Crippen molar-refractivity contribution in [2.75, 3.05) is 31.2 Å². The second kappa shape index (κ2) is 6.30. The fraction of sp³-hybridized carbons (Fsp3) is 0.250. The van der Waals surface area contributed by atoms with Crippen LogP contribution >= 0.6 is 11.6 Å². The fourth-order valence-corrected chi connectivity index (χ4v) is 3.08. The maximum atomic E-state index is 11.6. The molecule has 0 aromatic carbocycles. The zero-order valence-corrected chi connectivity index (χ0v) is 14.0. The highest BCUT2D eigenvalue weighted by Crippen LogP contribution is 2.31. The first kappa shape index (κ1) is 15.8. The monoisotopic (exact) mass is 358 g/mol. The van der Waals surface area contributed by atoms with Gasteiger partial charge in [0, 0.05) is 37.2 Å². The molecule has 1 fully saturated rings. The summed E-state index contributed by atoms with van der Waals surface area (Å²) in [5.41, 5.74) is 7.36. The van der Waals surface area contributed by atoms with Crippen LogP contribution in [0.2, 0.25) is 5.15 Å². The Balaban J connectivity index is 1.97. The Morgan fingerprint density at radius 3 is 2.76 bits per heavy atom. The Labute approximate surface area is 148 Å². The molecule has 0 radical (unpaired) electrons. The predicted octanol–water partition coefficient (Wildman–Crippen LogP) is 1.38. The molecule has 1 aliphatic rings. The first-order valence-corrected chi connectivity index (χ1v) is 8.14. The standard InChI is InChI=1S/C16H15ClN6O2/c17-13-12(10-2-1-3-19-8-10)21-15(22-4-6-25-7-5-22)16-20-11(14(18)24)9-23(13)16/h1-3,8-9H,4-7H2,(H2,18,24). The number of fused-ring (bicyclic) bond motifs is 1. The smallest absolute Gasteiger partial charge is 0.268 e. The highest BCUT2D eigenvalue weighted by atomic mass is 35.5. The molecule has 8 nitrogen and oxygen atoms in total. The highest BCUT2D eigenvalue weighted by molar-refractivity contribution is 6.32. The summed E-state index contributed by atoms with van der Waals surface area (Å²) in [7, 11) is 0. The average Bonchev–Trinajstić information content (AvgIpc) is 3.10. The van der Waals surface area contributed by atoms with Gasteiger partial charge in [-0.3, -0.25) is 14.2 Å². The molecule has 128 valence electrons. The molecule has 0 bridgehead atoms. The molecule has 1 saturated heterocycles. The number of anilines is 1. The van der Waals surface area contributed by atoms with Gasteiger partial charge in [0.25, 0.3) is 5.91 Å². The fourth-order valence-electron chi connectivity index (χ4n) is 2.80. The summed E-state index contributed by atoms with van der Waals surface area (Å²) >= 11 is 6.54. The van der Waals surface area contributed by atoms with E-state index in [1.807, 2.05) is 12.1 Å². The van der Waals surface area contributed by atoms with Crippen LogP contribution in [-0.4, -0.2) is 51.6 Å². The number of rotatable bonds is 3. The van der Waals surface area contributed by atoms with Crippen LogP contribution in [0.1, 0.15) is 10.5 Å². The van der Waals surface area contributed by atoms with E-state index < -0.39 is 5.91 Å². The SMILES string of the molecule is NC(=O)c1cn2c(Cl)c(-c3cccnc3)nc(N3CCOCC3)c2n1. The first-order valence-electron chi connectivity index (χ1n) is 7.76. The highest BCUT2D eigenvalue weighted by Gasteiger charge is 2.23. The van der Waals surface area contributed by atoms with Crippen molar-refractivity contribution in [3.05, 3.63) is 41.6 Å². The van der Waals surface area contributed by atoms with Crippen LogP contribution in [0.4, 0.5) is 5.82 Å². The van der Waals surface area contributed by atoms with Gasteiger partial charge in [-0.05, 0) is 12.1 Å². The molecule has 25 heavy (non-hydrogen) atoms. The first-order chi connectivity index (χ1) is 12.1. The van der Waals surface area contributed by atoms with Gasteiger partial charge in [0.05, 0.1) is 13.2 Å². The summed E-state index contributed by atoms with van der Waals surface area (Å²) in [5.74, 6) is 0.0228. The molecule has 4 rings (SSSR count). The molecule has 3 aromatic heterocycles. The Morgan fingerprint density at radius 2 is 2.08 bits per heavy atom. The lowest BCUT2D eigenvalue weighted by molar-refractivity contribution is 0.0996. The number of aromatic nitrogens is 4. The number of hydrogen-bond donors (Lipinski definition) is 1. The number of carbonyl (C=O) groups excluding carboxylic acids is 1. The van der Waals surface area contributed by atoms with Gasteiger partial charge in [0.15, 0.2) is 11.5 Å². The largest absolute Gasteiger partial charge is 0.378 e. The van der Waals surface area contributed by atoms with E-state index in [0.29, 0.717) is 48.6 Å². The normalized spacial score (nSPS) is 14.8. The van der Waals surface area contributed by atoms with E-state index in [1.165, 1.54) is 6.20 Å². The molecule has 0 saturated carbocycles. The van der Waals surface area contributed by atoms with E-state index in [2.05, 4.69) is 14.9 Å². The van der Waals surface area contributed by atoms with Crippen molar-refractivity contribution in [3.63, 3.8) is 0 Å². The average molecular weight is 359 g/mol. The van der Waals surface area contributed by atoms with Crippen LogP contribution in [-0.2, 0) is 4.74 Å². The summed E-state index contributed by atoms with van der Waals surface area (Å²) < 4.78 is 7.05. The molecule has 0 atom stereocenters. The maximum absolute atomic E-state index is 11.6. The Hall–Kier alpha value is -2.71. The van der Waals surface area contributed by atoms with Gasteiger partial charge in [-0.25, -0.2) is 9.97 Å². The van der Waals surface area contributed by atoms with Crippen molar-refractivity contribution < 1.29 is 9.53 Å². The van der Waals surface area contributed by atoms with E-state index in [-0.39, 0.29) is 5.69 Å². The molecular weight excluding hydrogens is 344 g/mol. The summed E-state index contributed by atoms with van der Waals surface area (Å²) in [5, 5.41) is 0.347. The van der Waals surface area contributed by atoms with E-state index in [0.717, 1.165) is 5.56 Å². The summed E-state index contributed by atoms with van der Waals surface area (Å²) in [6.45, 7) is 2.55. The van der Waals surface area contributed by atoms with Gasteiger partial charge >= 0.3 is 0 Å². The van der Waals surface area contributed by atoms with E-state index in [4.69, 9.17) is 27.1 Å². The van der Waals surface area contributed by atoms with Crippen LogP contribution in [0.3, 0.4) is 0 Å². The molecule has 4 heterocycles. The maximum Gasteiger partial charge on any atom is 0.268 e. The van der Waals surface area contributed by atoms with Crippen LogP contribution in [0.5, 0.6) is 0 Å².